The summed E-state index contributed by atoms with van der Waals surface area (Å²) < 4.78 is 25.4. The summed E-state index contributed by atoms with van der Waals surface area (Å²) in [5.41, 5.74) is 0.919. The molecule has 108 valence electrons. The van der Waals surface area contributed by atoms with Gasteiger partial charge in [-0.15, -0.1) is 0 Å². The van der Waals surface area contributed by atoms with Crippen LogP contribution in [0.2, 0.25) is 0 Å². The highest BCUT2D eigenvalue weighted by Gasteiger charge is 2.20. The van der Waals surface area contributed by atoms with E-state index in [2.05, 4.69) is 4.89 Å². The van der Waals surface area contributed by atoms with Crippen molar-refractivity contribution in [2.75, 3.05) is 13.1 Å². The minimum absolute atomic E-state index is 0.214. The Bertz CT molecular complexity index is 442. The molecule has 1 aromatic rings. The van der Waals surface area contributed by atoms with Gasteiger partial charge in [0.2, 0.25) is 0 Å². The Morgan fingerprint density at radius 3 is 2.21 bits per heavy atom. The Kier molecular flexibility index (Phi) is 7.01. The zero-order valence-electron chi connectivity index (χ0n) is 11.5. The van der Waals surface area contributed by atoms with Crippen LogP contribution in [0.25, 0.3) is 0 Å². The third-order valence-corrected chi connectivity index (χ3v) is 3.91. The lowest BCUT2D eigenvalue weighted by Gasteiger charge is -2.20. The molecule has 1 N–H and O–H groups in total. The van der Waals surface area contributed by atoms with Crippen molar-refractivity contribution in [3.8, 4) is 0 Å². The van der Waals surface area contributed by atoms with Crippen LogP contribution in [-0.4, -0.2) is 25.8 Å². The van der Waals surface area contributed by atoms with Gasteiger partial charge in [0, 0.05) is 13.1 Å². The van der Waals surface area contributed by atoms with Crippen molar-refractivity contribution < 1.29 is 13.3 Å². The Labute approximate surface area is 115 Å². The molecular formula is C13H22N2O3S. The second kappa shape index (κ2) is 8.27. The second-order valence-electron chi connectivity index (χ2n) is 4.26. The van der Waals surface area contributed by atoms with Crippen LogP contribution < -0.4 is 4.89 Å². The molecule has 0 atom stereocenters. The highest BCUT2D eigenvalue weighted by molar-refractivity contribution is 7.87. The van der Waals surface area contributed by atoms with E-state index < -0.39 is 10.2 Å². The predicted molar refractivity (Wildman–Crippen MR) is 75.4 cm³/mol. The number of hydrogen-bond donors (Lipinski definition) is 1. The molecule has 0 bridgehead atoms. The number of nitrogens with one attached hydrogen (secondary N) is 1. The van der Waals surface area contributed by atoms with E-state index in [0.717, 1.165) is 18.4 Å². The maximum Gasteiger partial charge on any atom is 0.301 e. The van der Waals surface area contributed by atoms with E-state index in [1.54, 1.807) is 0 Å². The average Bonchev–Trinajstić information content (AvgIpc) is 2.39. The molecule has 0 unspecified atom stereocenters. The van der Waals surface area contributed by atoms with E-state index in [4.69, 9.17) is 4.84 Å². The lowest BCUT2D eigenvalue weighted by molar-refractivity contribution is 0.0746. The van der Waals surface area contributed by atoms with Gasteiger partial charge >= 0.3 is 10.2 Å². The first-order valence-corrected chi connectivity index (χ1v) is 7.96. The first-order valence-electron chi connectivity index (χ1n) is 6.52. The van der Waals surface area contributed by atoms with Gasteiger partial charge in [-0.2, -0.15) is 12.7 Å². The topological polar surface area (TPSA) is 58.6 Å². The first kappa shape index (κ1) is 16.1. The fraction of sp³-hybridized carbons (Fsp3) is 0.538. The van der Waals surface area contributed by atoms with Crippen molar-refractivity contribution in [2.24, 2.45) is 0 Å². The van der Waals surface area contributed by atoms with Crippen LogP contribution in [0.15, 0.2) is 30.3 Å². The van der Waals surface area contributed by atoms with Crippen LogP contribution in [0.4, 0.5) is 0 Å². The van der Waals surface area contributed by atoms with E-state index in [1.165, 1.54) is 4.31 Å². The average molecular weight is 286 g/mol. The van der Waals surface area contributed by atoms with Crippen molar-refractivity contribution in [1.29, 1.82) is 0 Å². The molecule has 1 rings (SSSR count). The summed E-state index contributed by atoms with van der Waals surface area (Å²) in [5.74, 6) is 0. The Hall–Kier alpha value is -0.950. The summed E-state index contributed by atoms with van der Waals surface area (Å²) in [6.07, 6.45) is 1.55. The van der Waals surface area contributed by atoms with E-state index in [1.807, 2.05) is 44.2 Å². The maximum atomic E-state index is 12.0. The highest BCUT2D eigenvalue weighted by atomic mass is 32.2. The fourth-order valence-corrected chi connectivity index (χ4v) is 2.82. The van der Waals surface area contributed by atoms with Crippen LogP contribution in [0, 0.1) is 0 Å². The summed E-state index contributed by atoms with van der Waals surface area (Å²) in [6.45, 7) is 5.11. The van der Waals surface area contributed by atoms with Crippen LogP contribution >= 0.6 is 0 Å². The molecule has 0 heterocycles. The molecule has 0 amide bonds. The van der Waals surface area contributed by atoms with Crippen LogP contribution in [0.3, 0.4) is 0 Å². The van der Waals surface area contributed by atoms with Gasteiger partial charge in [-0.25, -0.2) is 0 Å². The van der Waals surface area contributed by atoms with Gasteiger partial charge in [-0.05, 0) is 18.4 Å². The van der Waals surface area contributed by atoms with Gasteiger partial charge in [0.1, 0.15) is 0 Å². The normalized spacial score (nSPS) is 11.9. The summed E-state index contributed by atoms with van der Waals surface area (Å²) >= 11 is 0. The number of rotatable bonds is 9. The standard InChI is InChI=1S/C13H22N2O3S/c1-3-10-15(11-4-2)19(16,17)14-18-12-13-8-6-5-7-9-13/h5-9,14H,3-4,10-12H2,1-2H3. The van der Waals surface area contributed by atoms with Gasteiger partial charge in [-0.1, -0.05) is 49.1 Å². The molecule has 5 nitrogen and oxygen atoms in total. The Balaban J connectivity index is 2.49. The molecular weight excluding hydrogens is 264 g/mol. The second-order valence-corrected chi connectivity index (χ2v) is 5.89. The smallest absolute Gasteiger partial charge is 0.281 e. The van der Waals surface area contributed by atoms with Crippen molar-refractivity contribution in [3.05, 3.63) is 35.9 Å². The van der Waals surface area contributed by atoms with Gasteiger partial charge in [0.05, 0.1) is 6.61 Å². The Morgan fingerprint density at radius 1 is 1.11 bits per heavy atom. The zero-order valence-corrected chi connectivity index (χ0v) is 12.3. The number of nitrogens with zero attached hydrogens (tertiary/aromatic N) is 1. The largest absolute Gasteiger partial charge is 0.301 e. The fourth-order valence-electron chi connectivity index (χ4n) is 1.67. The predicted octanol–water partition coefficient (Wildman–Crippen LogP) is 2.07. The number of benzene rings is 1. The van der Waals surface area contributed by atoms with Gasteiger partial charge in [0.25, 0.3) is 0 Å². The quantitative estimate of drug-likeness (QED) is 0.707. The molecule has 0 saturated heterocycles. The monoisotopic (exact) mass is 286 g/mol. The number of hydrogen-bond acceptors (Lipinski definition) is 3. The molecule has 0 aromatic heterocycles. The SMILES string of the molecule is CCCN(CCC)S(=O)(=O)NOCc1ccccc1. The van der Waals surface area contributed by atoms with Gasteiger partial charge in [-0.3, -0.25) is 4.84 Å². The van der Waals surface area contributed by atoms with E-state index in [0.29, 0.717) is 13.1 Å². The van der Waals surface area contributed by atoms with Crippen molar-refractivity contribution >= 4 is 10.2 Å². The van der Waals surface area contributed by atoms with Crippen molar-refractivity contribution in [3.63, 3.8) is 0 Å². The molecule has 0 aliphatic heterocycles. The van der Waals surface area contributed by atoms with Gasteiger partial charge in [0.15, 0.2) is 0 Å². The lowest BCUT2D eigenvalue weighted by Crippen LogP contribution is -2.41. The lowest BCUT2D eigenvalue weighted by atomic mass is 10.2. The molecule has 0 saturated carbocycles. The maximum absolute atomic E-state index is 12.0. The molecule has 1 aromatic carbocycles. The molecule has 6 heteroatoms. The minimum Gasteiger partial charge on any atom is -0.281 e. The van der Waals surface area contributed by atoms with Crippen molar-refractivity contribution in [1.82, 2.24) is 9.19 Å². The molecule has 0 spiro atoms. The van der Waals surface area contributed by atoms with E-state index in [-0.39, 0.29) is 6.61 Å². The molecule has 19 heavy (non-hydrogen) atoms. The minimum atomic E-state index is -3.56. The molecule has 0 fully saturated rings. The third kappa shape index (κ3) is 5.69. The van der Waals surface area contributed by atoms with Crippen LogP contribution in [0.1, 0.15) is 32.3 Å². The Morgan fingerprint density at radius 2 is 1.68 bits per heavy atom. The first-order chi connectivity index (χ1) is 9.10. The van der Waals surface area contributed by atoms with Crippen LogP contribution in [0.5, 0.6) is 0 Å². The molecule has 0 radical (unpaired) electrons. The third-order valence-electron chi connectivity index (χ3n) is 2.53. The van der Waals surface area contributed by atoms with Crippen molar-refractivity contribution in [2.45, 2.75) is 33.3 Å². The summed E-state index contributed by atoms with van der Waals surface area (Å²) in [5, 5.41) is 0. The molecule has 0 aliphatic carbocycles. The summed E-state index contributed by atoms with van der Waals surface area (Å²) in [6, 6.07) is 9.42. The summed E-state index contributed by atoms with van der Waals surface area (Å²) in [4.78, 5) is 7.25. The van der Waals surface area contributed by atoms with Crippen LogP contribution in [-0.2, 0) is 21.7 Å². The summed E-state index contributed by atoms with van der Waals surface area (Å²) in [7, 11) is -3.56. The molecule has 0 aliphatic rings. The van der Waals surface area contributed by atoms with Gasteiger partial charge < -0.3 is 0 Å². The highest BCUT2D eigenvalue weighted by Crippen LogP contribution is 2.03. The van der Waals surface area contributed by atoms with E-state index in [9.17, 15) is 8.42 Å². The van der Waals surface area contributed by atoms with E-state index >= 15 is 0 Å². The zero-order chi connectivity index (χ0) is 14.1.